The molecule has 3 aromatic rings. The first-order chi connectivity index (χ1) is 14.0. The van der Waals surface area contributed by atoms with Crippen LogP contribution in [0.25, 0.3) is 0 Å². The fourth-order valence-electron chi connectivity index (χ4n) is 2.52. The van der Waals surface area contributed by atoms with Gasteiger partial charge in [0.15, 0.2) is 11.5 Å². The molecule has 1 aromatic heterocycles. The number of carbonyl (C=O) groups excluding carboxylic acids is 2. The Hall–Kier alpha value is -3.65. The van der Waals surface area contributed by atoms with Crippen molar-refractivity contribution in [1.29, 1.82) is 0 Å². The number of ether oxygens (including phenoxy) is 2. The first kappa shape index (κ1) is 20.1. The lowest BCUT2D eigenvalue weighted by atomic mass is 10.1. The zero-order valence-electron chi connectivity index (χ0n) is 15.3. The van der Waals surface area contributed by atoms with Gasteiger partial charge in [-0.15, -0.1) is 0 Å². The minimum absolute atomic E-state index is 0.0911. The van der Waals surface area contributed by atoms with E-state index in [1.807, 2.05) is 0 Å². The molecule has 0 aliphatic rings. The van der Waals surface area contributed by atoms with Gasteiger partial charge in [-0.1, -0.05) is 41.9 Å². The molecule has 0 aliphatic carbocycles. The molecule has 0 saturated heterocycles. The van der Waals surface area contributed by atoms with Crippen LogP contribution in [0.15, 0.2) is 60.9 Å². The number of nitrogens with two attached hydrogens (primary N) is 1. The summed E-state index contributed by atoms with van der Waals surface area (Å²) in [7, 11) is 1.49. The number of aromatic nitrogens is 2. The third-order valence-electron chi connectivity index (χ3n) is 3.90. The van der Waals surface area contributed by atoms with Gasteiger partial charge in [0.05, 0.1) is 12.1 Å². The zero-order chi connectivity index (χ0) is 20.8. The van der Waals surface area contributed by atoms with Crippen molar-refractivity contribution < 1.29 is 19.1 Å². The molecule has 1 amide bonds. The van der Waals surface area contributed by atoms with E-state index in [0.717, 1.165) is 0 Å². The minimum Gasteiger partial charge on any atom is -0.495 e. The number of nitrogen functional groups attached to an aromatic ring is 1. The number of nitrogens with one attached hydrogen (secondary N) is 1. The molecule has 0 unspecified atom stereocenters. The van der Waals surface area contributed by atoms with Gasteiger partial charge in [-0.25, -0.2) is 14.8 Å². The normalized spacial score (nSPS) is 11.4. The smallest absolute Gasteiger partial charge is 0.361 e. The van der Waals surface area contributed by atoms with Crippen molar-refractivity contribution in [2.24, 2.45) is 0 Å². The van der Waals surface area contributed by atoms with Crippen molar-refractivity contribution in [1.82, 2.24) is 9.97 Å². The number of hydrogen-bond donors (Lipinski definition) is 2. The molecule has 0 radical (unpaired) electrons. The van der Waals surface area contributed by atoms with E-state index in [9.17, 15) is 9.59 Å². The number of esters is 1. The number of rotatable bonds is 6. The lowest BCUT2D eigenvalue weighted by molar-refractivity contribution is -0.125. The summed E-state index contributed by atoms with van der Waals surface area (Å²) in [6.07, 6.45) is 1.41. The Kier molecular flexibility index (Phi) is 6.25. The predicted octanol–water partition coefficient (Wildman–Crippen LogP) is 3.26. The maximum atomic E-state index is 12.9. The molecule has 1 heterocycles. The zero-order valence-corrected chi connectivity index (χ0v) is 16.1. The summed E-state index contributed by atoms with van der Waals surface area (Å²) < 4.78 is 10.5. The van der Waals surface area contributed by atoms with Crippen LogP contribution in [0, 0.1) is 0 Å². The van der Waals surface area contributed by atoms with Crippen LogP contribution in [0.5, 0.6) is 5.75 Å². The monoisotopic (exact) mass is 412 g/mol. The number of hydrogen-bond acceptors (Lipinski definition) is 7. The molecule has 29 heavy (non-hydrogen) atoms. The van der Waals surface area contributed by atoms with E-state index < -0.39 is 18.0 Å². The highest BCUT2D eigenvalue weighted by Gasteiger charge is 2.27. The lowest BCUT2D eigenvalue weighted by Gasteiger charge is -2.18. The maximum absolute atomic E-state index is 12.9. The molecule has 0 aliphatic heterocycles. The largest absolute Gasteiger partial charge is 0.495 e. The van der Waals surface area contributed by atoms with Crippen molar-refractivity contribution in [2.45, 2.75) is 6.10 Å². The predicted molar refractivity (Wildman–Crippen MR) is 108 cm³/mol. The topological polar surface area (TPSA) is 116 Å². The molecule has 0 bridgehead atoms. The molecule has 0 fully saturated rings. The van der Waals surface area contributed by atoms with E-state index in [1.54, 1.807) is 42.5 Å². The van der Waals surface area contributed by atoms with Crippen molar-refractivity contribution in [3.05, 3.63) is 77.2 Å². The molecule has 3 N–H and O–H groups in total. The third kappa shape index (κ3) is 4.80. The molecule has 148 valence electrons. The van der Waals surface area contributed by atoms with E-state index in [1.165, 1.54) is 25.6 Å². The fourth-order valence-corrected chi connectivity index (χ4v) is 2.78. The number of carbonyl (C=O) groups is 2. The summed E-state index contributed by atoms with van der Waals surface area (Å²) in [5.41, 5.74) is 6.39. The van der Waals surface area contributed by atoms with Crippen LogP contribution in [-0.2, 0) is 9.53 Å². The van der Waals surface area contributed by atoms with Crippen molar-refractivity contribution in [3.63, 3.8) is 0 Å². The fraction of sp³-hybridized carbons (Fsp3) is 0.100. The number of anilines is 2. The van der Waals surface area contributed by atoms with Crippen molar-refractivity contribution >= 4 is 35.0 Å². The molecule has 1 atom stereocenters. The number of nitrogens with zero attached hydrogens (tertiary/aromatic N) is 2. The van der Waals surface area contributed by atoms with Crippen molar-refractivity contribution in [3.8, 4) is 5.75 Å². The van der Waals surface area contributed by atoms with Crippen LogP contribution >= 0.6 is 11.6 Å². The van der Waals surface area contributed by atoms with Crippen molar-refractivity contribution in [2.75, 3.05) is 18.2 Å². The van der Waals surface area contributed by atoms with E-state index in [2.05, 4.69) is 15.3 Å². The Morgan fingerprint density at radius 1 is 1.10 bits per heavy atom. The second kappa shape index (κ2) is 9.03. The molecule has 0 saturated carbocycles. The molecule has 3 rings (SSSR count). The Labute approximate surface area is 171 Å². The SMILES string of the molecule is COc1ccc(NC(=O)[C@H](OC(=O)c2nccnc2N)c2ccccc2)cc1Cl. The number of halogens is 1. The minimum atomic E-state index is -1.24. The lowest BCUT2D eigenvalue weighted by Crippen LogP contribution is -2.26. The first-order valence-electron chi connectivity index (χ1n) is 8.46. The molecule has 8 nitrogen and oxygen atoms in total. The number of benzene rings is 2. The highest BCUT2D eigenvalue weighted by atomic mass is 35.5. The average molecular weight is 413 g/mol. The van der Waals surface area contributed by atoms with Crippen LogP contribution in [0.1, 0.15) is 22.2 Å². The van der Waals surface area contributed by atoms with Crippen LogP contribution in [0.2, 0.25) is 5.02 Å². The number of methoxy groups -OCH3 is 1. The summed E-state index contributed by atoms with van der Waals surface area (Å²) >= 11 is 6.10. The molecular formula is C20H17ClN4O4. The molecule has 0 spiro atoms. The highest BCUT2D eigenvalue weighted by molar-refractivity contribution is 6.32. The molecular weight excluding hydrogens is 396 g/mol. The molecule has 9 heteroatoms. The molecule has 2 aromatic carbocycles. The van der Waals surface area contributed by atoms with Gasteiger partial charge in [0.1, 0.15) is 5.75 Å². The Bertz CT molecular complexity index is 1030. The Balaban J connectivity index is 1.86. The van der Waals surface area contributed by atoms with E-state index in [0.29, 0.717) is 22.0 Å². The van der Waals surface area contributed by atoms with Gasteiger partial charge < -0.3 is 20.5 Å². The van der Waals surface area contributed by atoms with E-state index >= 15 is 0 Å². The van der Waals surface area contributed by atoms with E-state index in [-0.39, 0.29) is 11.5 Å². The van der Waals surface area contributed by atoms with Gasteiger partial charge in [-0.05, 0) is 18.2 Å². The van der Waals surface area contributed by atoms with Crippen LogP contribution in [0.4, 0.5) is 11.5 Å². The quantitative estimate of drug-likeness (QED) is 0.597. The maximum Gasteiger partial charge on any atom is 0.361 e. The first-order valence-corrected chi connectivity index (χ1v) is 8.84. The van der Waals surface area contributed by atoms with Gasteiger partial charge in [-0.3, -0.25) is 4.79 Å². The Morgan fingerprint density at radius 3 is 2.48 bits per heavy atom. The second-order valence-corrected chi connectivity index (χ2v) is 6.23. The van der Waals surface area contributed by atoms with Gasteiger partial charge in [0, 0.05) is 23.6 Å². The average Bonchev–Trinajstić information content (AvgIpc) is 2.73. The Morgan fingerprint density at radius 2 is 1.83 bits per heavy atom. The summed E-state index contributed by atoms with van der Waals surface area (Å²) in [5, 5.41) is 3.01. The van der Waals surface area contributed by atoms with Gasteiger partial charge in [0.25, 0.3) is 5.91 Å². The van der Waals surface area contributed by atoms with Gasteiger partial charge in [0.2, 0.25) is 6.10 Å². The van der Waals surface area contributed by atoms with Crippen LogP contribution < -0.4 is 15.8 Å². The summed E-state index contributed by atoms with van der Waals surface area (Å²) in [6, 6.07) is 13.3. The summed E-state index contributed by atoms with van der Waals surface area (Å²) in [6.45, 7) is 0. The van der Waals surface area contributed by atoms with E-state index in [4.69, 9.17) is 26.8 Å². The summed E-state index contributed by atoms with van der Waals surface area (Å²) in [4.78, 5) is 33.1. The highest BCUT2D eigenvalue weighted by Crippen LogP contribution is 2.28. The second-order valence-electron chi connectivity index (χ2n) is 5.82. The number of amides is 1. The third-order valence-corrected chi connectivity index (χ3v) is 4.20. The van der Waals surface area contributed by atoms with Crippen LogP contribution in [-0.4, -0.2) is 29.0 Å². The van der Waals surface area contributed by atoms with Gasteiger partial charge in [-0.2, -0.15) is 0 Å². The summed E-state index contributed by atoms with van der Waals surface area (Å²) in [5.74, 6) is -1.07. The van der Waals surface area contributed by atoms with Crippen LogP contribution in [0.3, 0.4) is 0 Å². The van der Waals surface area contributed by atoms with Gasteiger partial charge >= 0.3 is 5.97 Å². The standard InChI is InChI=1S/C20H17ClN4O4/c1-28-15-8-7-13(11-14(15)21)25-19(26)17(12-5-3-2-4-6-12)29-20(27)16-18(22)24-10-9-23-16/h2-11,17H,1H3,(H2,22,24)(H,25,26)/t17-/m1/s1.